The highest BCUT2D eigenvalue weighted by atomic mass is 16.5. The summed E-state index contributed by atoms with van der Waals surface area (Å²) in [6.45, 7) is 1.61. The van der Waals surface area contributed by atoms with Crippen LogP contribution in [0.15, 0.2) is 60.9 Å². The van der Waals surface area contributed by atoms with Gasteiger partial charge in [0.1, 0.15) is 17.9 Å². The number of rotatable bonds is 6. The Labute approximate surface area is 215 Å². The lowest BCUT2D eigenvalue weighted by molar-refractivity contribution is -0.131. The van der Waals surface area contributed by atoms with Gasteiger partial charge in [0.15, 0.2) is 5.65 Å². The number of imide groups is 1. The normalized spacial score (nSPS) is 12.8. The third kappa shape index (κ3) is 3.95. The van der Waals surface area contributed by atoms with Crippen LogP contribution in [0.4, 0.5) is 5.95 Å². The maximum absolute atomic E-state index is 13.3. The monoisotopic (exact) mass is 508 g/mol. The van der Waals surface area contributed by atoms with Crippen LogP contribution in [0.1, 0.15) is 38.8 Å². The molecule has 3 heterocycles. The fraction of sp³-hybridized carbons (Fsp3) is 0.111. The molecule has 0 saturated carbocycles. The van der Waals surface area contributed by atoms with Crippen LogP contribution in [-0.4, -0.2) is 42.6 Å². The fourth-order valence-electron chi connectivity index (χ4n) is 4.51. The summed E-state index contributed by atoms with van der Waals surface area (Å²) in [5.74, 6) is -0.641. The van der Waals surface area contributed by atoms with Crippen molar-refractivity contribution in [1.29, 1.82) is 0 Å². The van der Waals surface area contributed by atoms with Crippen molar-refractivity contribution in [3.05, 3.63) is 83.2 Å². The number of nitrogen functional groups attached to an aromatic ring is 1. The molecule has 0 bridgehead atoms. The van der Waals surface area contributed by atoms with Gasteiger partial charge in [-0.2, -0.15) is 9.97 Å². The molecule has 1 aliphatic heterocycles. The van der Waals surface area contributed by atoms with Gasteiger partial charge in [0.2, 0.25) is 11.8 Å². The Morgan fingerprint density at radius 1 is 0.974 bits per heavy atom. The van der Waals surface area contributed by atoms with Crippen LogP contribution in [-0.2, 0) is 17.9 Å². The summed E-state index contributed by atoms with van der Waals surface area (Å²) < 4.78 is 11.1. The molecule has 2 aromatic heterocycles. The highest BCUT2D eigenvalue weighted by Crippen LogP contribution is 2.36. The van der Waals surface area contributed by atoms with E-state index < -0.39 is 17.8 Å². The number of nitrogens with one attached hydrogen (secondary N) is 1. The van der Waals surface area contributed by atoms with Gasteiger partial charge in [0, 0.05) is 28.8 Å². The Kier molecular flexibility index (Phi) is 5.45. The minimum absolute atomic E-state index is 0.0608. The molecule has 6 rings (SSSR count). The van der Waals surface area contributed by atoms with Crippen LogP contribution in [0.5, 0.6) is 11.6 Å². The summed E-state index contributed by atoms with van der Waals surface area (Å²) in [5, 5.41) is 1.03. The van der Waals surface area contributed by atoms with Crippen molar-refractivity contribution in [1.82, 2.24) is 24.8 Å². The van der Waals surface area contributed by atoms with Crippen molar-refractivity contribution in [2.24, 2.45) is 0 Å². The first-order chi connectivity index (χ1) is 18.4. The maximum atomic E-state index is 13.3. The Hall–Kier alpha value is -5.32. The number of benzene rings is 3. The molecule has 0 aliphatic carbocycles. The van der Waals surface area contributed by atoms with Crippen LogP contribution in [0.2, 0.25) is 0 Å². The number of nitrogens with two attached hydrogens (primary N) is 1. The zero-order chi connectivity index (χ0) is 26.4. The quantitative estimate of drug-likeness (QED) is 0.200. The first-order valence-corrected chi connectivity index (χ1v) is 11.7. The Morgan fingerprint density at radius 3 is 2.47 bits per heavy atom. The summed E-state index contributed by atoms with van der Waals surface area (Å²) in [5.41, 5.74) is 9.07. The number of aromatic nitrogens is 4. The largest absolute Gasteiger partial charge is 0.471 e. The van der Waals surface area contributed by atoms with Gasteiger partial charge in [-0.25, -0.2) is 4.98 Å². The molecule has 1 aliphatic rings. The van der Waals surface area contributed by atoms with E-state index in [-0.39, 0.29) is 19.1 Å². The lowest BCUT2D eigenvalue weighted by Crippen LogP contribution is -2.39. The van der Waals surface area contributed by atoms with Gasteiger partial charge >= 0.3 is 5.97 Å². The zero-order valence-electron chi connectivity index (χ0n) is 20.1. The van der Waals surface area contributed by atoms with Gasteiger partial charge in [-0.05, 0) is 29.3 Å². The molecule has 38 heavy (non-hydrogen) atoms. The Bertz CT molecular complexity index is 1740. The highest BCUT2D eigenvalue weighted by Gasteiger charge is 2.33. The van der Waals surface area contributed by atoms with Crippen LogP contribution in [0, 0.1) is 0 Å². The number of amides is 2. The second-order valence-corrected chi connectivity index (χ2v) is 8.72. The third-order valence-electron chi connectivity index (χ3n) is 6.21. The van der Waals surface area contributed by atoms with E-state index in [1.165, 1.54) is 18.2 Å². The molecule has 0 spiro atoms. The number of carbonyl (C=O) groups excluding carboxylic acids is 3. The third-order valence-corrected chi connectivity index (χ3v) is 6.21. The molecule has 3 aromatic carbocycles. The predicted octanol–water partition coefficient (Wildman–Crippen LogP) is 3.39. The van der Waals surface area contributed by atoms with Crippen molar-refractivity contribution >= 4 is 45.7 Å². The molecule has 0 radical (unpaired) electrons. The Balaban J connectivity index is 1.21. The number of hydrogen-bond acceptors (Lipinski definition) is 9. The number of anilines is 1. The first-order valence-electron chi connectivity index (χ1n) is 11.7. The van der Waals surface area contributed by atoms with E-state index in [4.69, 9.17) is 15.2 Å². The molecule has 0 fully saturated rings. The molecule has 11 nitrogen and oxygen atoms in total. The van der Waals surface area contributed by atoms with Crippen LogP contribution in [0.25, 0.3) is 21.9 Å². The van der Waals surface area contributed by atoms with Crippen molar-refractivity contribution in [2.45, 2.75) is 20.1 Å². The molecule has 11 heteroatoms. The van der Waals surface area contributed by atoms with Gasteiger partial charge in [0.05, 0.1) is 12.9 Å². The van der Waals surface area contributed by atoms with Crippen molar-refractivity contribution in [2.75, 3.05) is 5.73 Å². The molecule has 0 saturated heterocycles. The number of nitrogens with zero attached hydrogens (tertiary/aromatic N) is 4. The summed E-state index contributed by atoms with van der Waals surface area (Å²) >= 11 is 0. The molecular formula is C27H20N6O5. The smallest absolute Gasteiger partial charge is 0.308 e. The SMILES string of the molecule is CC(=O)Oc1ccc2c3c(cccc13)C(=O)N(Cc1ccc(COc3nc(N)nc4nc[nH]c34)cc1)C2=O. The van der Waals surface area contributed by atoms with Crippen molar-refractivity contribution in [3.8, 4) is 11.6 Å². The van der Waals surface area contributed by atoms with Crippen molar-refractivity contribution < 1.29 is 23.9 Å². The standard InChI is InChI=1S/C27H20N6O5/c1-14(34)38-20-10-9-19-21-17(20)3-2-4-18(21)25(35)33(26(19)36)11-15-5-7-16(8-6-15)12-37-24-22-23(30-13-29-22)31-27(28)32-24/h2-10,13H,11-12H2,1H3,(H3,28,29,30,31,32). The molecule has 0 atom stereocenters. The molecule has 2 amide bonds. The van der Waals surface area contributed by atoms with E-state index in [9.17, 15) is 14.4 Å². The minimum atomic E-state index is -0.481. The Morgan fingerprint density at radius 2 is 1.71 bits per heavy atom. The second kappa shape index (κ2) is 8.96. The lowest BCUT2D eigenvalue weighted by Gasteiger charge is -2.27. The summed E-state index contributed by atoms with van der Waals surface area (Å²) in [6.07, 6.45) is 1.49. The van der Waals surface area contributed by atoms with E-state index >= 15 is 0 Å². The van der Waals surface area contributed by atoms with E-state index in [1.807, 2.05) is 24.3 Å². The number of aromatic amines is 1. The van der Waals surface area contributed by atoms with Crippen LogP contribution >= 0.6 is 0 Å². The number of hydrogen-bond donors (Lipinski definition) is 2. The van der Waals surface area contributed by atoms with Gasteiger partial charge in [-0.15, -0.1) is 0 Å². The summed E-state index contributed by atoms with van der Waals surface area (Å²) in [6, 6.07) is 15.6. The molecule has 5 aromatic rings. The fourth-order valence-corrected chi connectivity index (χ4v) is 4.51. The second-order valence-electron chi connectivity index (χ2n) is 8.72. The number of carbonyl (C=O) groups is 3. The topological polar surface area (TPSA) is 153 Å². The number of imidazole rings is 1. The minimum Gasteiger partial charge on any atom is -0.471 e. The van der Waals surface area contributed by atoms with E-state index in [1.54, 1.807) is 30.3 Å². The first kappa shape index (κ1) is 23.1. The van der Waals surface area contributed by atoms with Gasteiger partial charge in [-0.1, -0.05) is 36.4 Å². The number of ether oxygens (including phenoxy) is 2. The summed E-state index contributed by atoms with van der Waals surface area (Å²) in [7, 11) is 0. The van der Waals surface area contributed by atoms with Crippen LogP contribution in [0.3, 0.4) is 0 Å². The van der Waals surface area contributed by atoms with Gasteiger partial charge in [-0.3, -0.25) is 19.3 Å². The number of esters is 1. The van der Waals surface area contributed by atoms with Gasteiger partial charge in [0.25, 0.3) is 11.8 Å². The van der Waals surface area contributed by atoms with E-state index in [0.717, 1.165) is 11.1 Å². The maximum Gasteiger partial charge on any atom is 0.308 e. The van der Waals surface area contributed by atoms with E-state index in [2.05, 4.69) is 19.9 Å². The average Bonchev–Trinajstić information content (AvgIpc) is 3.38. The molecule has 188 valence electrons. The van der Waals surface area contributed by atoms with Crippen LogP contribution < -0.4 is 15.2 Å². The van der Waals surface area contributed by atoms with Crippen molar-refractivity contribution in [3.63, 3.8) is 0 Å². The average molecular weight is 508 g/mol. The number of fused-ring (bicyclic) bond motifs is 1. The molecule has 3 N–H and O–H groups in total. The van der Waals surface area contributed by atoms with E-state index in [0.29, 0.717) is 44.7 Å². The lowest BCUT2D eigenvalue weighted by atomic mass is 9.93. The predicted molar refractivity (Wildman–Crippen MR) is 136 cm³/mol. The molecule has 0 unspecified atom stereocenters. The number of H-pyrrole nitrogens is 1. The zero-order valence-corrected chi connectivity index (χ0v) is 20.1. The summed E-state index contributed by atoms with van der Waals surface area (Å²) in [4.78, 5) is 54.5. The highest BCUT2D eigenvalue weighted by molar-refractivity contribution is 6.26. The molecular weight excluding hydrogens is 488 g/mol. The van der Waals surface area contributed by atoms with Gasteiger partial charge < -0.3 is 20.2 Å².